The van der Waals surface area contributed by atoms with E-state index in [1.807, 2.05) is 76.9 Å². The highest BCUT2D eigenvalue weighted by molar-refractivity contribution is 7.19. The molecule has 0 N–H and O–H groups in total. The van der Waals surface area contributed by atoms with Crippen molar-refractivity contribution in [3.63, 3.8) is 0 Å². The molecule has 0 unspecified atom stereocenters. The first-order valence-corrected chi connectivity index (χ1v) is 28.4. The first-order chi connectivity index (χ1) is 36.4. The fourth-order valence-electron chi connectivity index (χ4n) is 8.62. The molecule has 0 saturated heterocycles. The monoisotopic (exact) mass is 1050 g/mol. The van der Waals surface area contributed by atoms with Gasteiger partial charge < -0.3 is 9.30 Å². The predicted molar refractivity (Wildman–Crippen MR) is 325 cm³/mol. The van der Waals surface area contributed by atoms with Crippen molar-refractivity contribution in [2.24, 2.45) is 14.1 Å². The lowest BCUT2D eigenvalue weighted by Crippen LogP contribution is -1.94. The Morgan fingerprint density at radius 1 is 0.526 bits per heavy atom. The van der Waals surface area contributed by atoms with Crippen molar-refractivity contribution in [2.45, 2.75) is 125 Å². The van der Waals surface area contributed by atoms with Crippen molar-refractivity contribution < 1.29 is 9.53 Å². The van der Waals surface area contributed by atoms with E-state index in [1.165, 1.54) is 69.5 Å². The third-order valence-electron chi connectivity index (χ3n) is 13.4. The minimum atomic E-state index is -0.190. The average molecular weight is 1050 g/mol. The van der Waals surface area contributed by atoms with Crippen LogP contribution in [0.15, 0.2) is 157 Å². The summed E-state index contributed by atoms with van der Waals surface area (Å²) in [5, 5.41) is 8.38. The van der Waals surface area contributed by atoms with Gasteiger partial charge in [0.1, 0.15) is 6.61 Å². The van der Waals surface area contributed by atoms with Crippen LogP contribution in [0, 0.1) is 0 Å². The van der Waals surface area contributed by atoms with Crippen LogP contribution in [0.2, 0.25) is 0 Å². The Labute approximate surface area is 458 Å². The maximum absolute atomic E-state index is 11.1. The topological polar surface area (TPSA) is 87.7 Å². The van der Waals surface area contributed by atoms with Gasteiger partial charge in [-0.3, -0.25) is 9.67 Å². The van der Waals surface area contributed by atoms with E-state index in [1.54, 1.807) is 11.3 Å². The van der Waals surface area contributed by atoms with Gasteiger partial charge in [-0.15, -0.1) is 22.7 Å². The van der Waals surface area contributed by atoms with E-state index in [9.17, 15) is 4.79 Å². The van der Waals surface area contributed by atoms with Gasteiger partial charge in [0, 0.05) is 45.7 Å². The number of hydrogen-bond donors (Lipinski definition) is 0. The number of carbonyl (C=O) groups is 1. The van der Waals surface area contributed by atoms with E-state index < -0.39 is 0 Å². The van der Waals surface area contributed by atoms with Crippen LogP contribution in [-0.2, 0) is 25.4 Å². The molecule has 0 amide bonds. The summed E-state index contributed by atoms with van der Waals surface area (Å²) < 4.78 is 11.6. The van der Waals surface area contributed by atoms with Crippen LogP contribution in [0.3, 0.4) is 0 Å². The molecule has 0 aliphatic carbocycles. The lowest BCUT2D eigenvalue weighted by molar-refractivity contribution is 0.0535. The van der Waals surface area contributed by atoms with E-state index in [0.717, 1.165) is 27.7 Å². The number of ether oxygens (including phenoxy) is 1. The van der Waals surface area contributed by atoms with Gasteiger partial charge in [0.05, 0.1) is 55.4 Å². The van der Waals surface area contributed by atoms with Crippen molar-refractivity contribution >= 4 is 81.8 Å². The largest absolute Gasteiger partial charge is 0.457 e. The van der Waals surface area contributed by atoms with Crippen molar-refractivity contribution in [3.8, 4) is 0 Å². The van der Waals surface area contributed by atoms with Crippen LogP contribution in [0.5, 0.6) is 0 Å². The molecule has 6 heterocycles. The van der Waals surface area contributed by atoms with E-state index >= 15 is 0 Å². The van der Waals surface area contributed by atoms with Gasteiger partial charge in [-0.2, -0.15) is 5.10 Å². The van der Waals surface area contributed by atoms with Gasteiger partial charge in [-0.1, -0.05) is 168 Å². The summed E-state index contributed by atoms with van der Waals surface area (Å²) in [5.41, 5.74) is 15.7. The smallest absolute Gasteiger partial charge is 0.338 e. The molecule has 0 fully saturated rings. The molecule has 0 radical (unpaired) electrons. The number of esters is 1. The Balaban J connectivity index is 0.000000133. The van der Waals surface area contributed by atoms with Crippen LogP contribution in [0.1, 0.15) is 167 Å². The van der Waals surface area contributed by atoms with Crippen LogP contribution in [0.25, 0.3) is 53.1 Å². The van der Waals surface area contributed by atoms with Crippen LogP contribution in [-0.4, -0.2) is 35.3 Å². The van der Waals surface area contributed by atoms with Crippen LogP contribution < -0.4 is 0 Å². The third kappa shape index (κ3) is 14.5. The molecule has 11 aromatic rings. The number of imidazole rings is 1. The van der Waals surface area contributed by atoms with Gasteiger partial charge in [0.2, 0.25) is 0 Å². The van der Waals surface area contributed by atoms with Gasteiger partial charge in [-0.25, -0.2) is 14.8 Å². The molecule has 0 saturated carbocycles. The van der Waals surface area contributed by atoms with E-state index in [4.69, 9.17) is 4.74 Å². The second-order valence-electron chi connectivity index (χ2n) is 21.2. The zero-order valence-electron chi connectivity index (χ0n) is 47.0. The van der Waals surface area contributed by atoms with Crippen molar-refractivity contribution in [3.05, 3.63) is 202 Å². The maximum atomic E-state index is 11.1. The fraction of sp³-hybridized carbons (Fsp3) is 0.318. The van der Waals surface area contributed by atoms with E-state index in [0.29, 0.717) is 42.1 Å². The number of thiazole rings is 1. The Hall–Kier alpha value is -7.01. The Kier molecular flexibility index (Phi) is 19.5. The molecule has 0 bridgehead atoms. The molecule has 1 aliphatic rings. The summed E-state index contributed by atoms with van der Waals surface area (Å²) in [7, 11) is 4.01. The highest BCUT2D eigenvalue weighted by atomic mass is 32.1. The zero-order valence-corrected chi connectivity index (χ0v) is 48.6. The van der Waals surface area contributed by atoms with E-state index in [2.05, 4.69) is 218 Å². The second kappa shape index (κ2) is 26.2. The standard InChI is InChI=1S/C12H13N.2C11H14N2.C11H12O2.C11H12S.C10H11NS/c1-9(2)11-8-7-10-5-3-4-6-12(10)13-11;1-8(2)9-4-5-11-10(6-9)12-7-13(11)3;1-8(2)11-9-6-4-5-7-10(9)13(3)12-11;1-7(2)8-3-4-10-9(5-8)6-13-11(10)12;1-8(2)11-7-9-5-3-4-6-10(9)12-11;1-7(2)8-3-4-10-9(5-8)11-6-12-10/h3-9H,1-2H3;2*4-8H,1-3H3;3-5,7H,6H2,1-2H3;3-8H,1-2H3;3-7H,1-2H3. The van der Waals surface area contributed by atoms with Crippen molar-refractivity contribution in [1.82, 2.24) is 29.3 Å². The number of nitrogens with zero attached hydrogens (tertiary/aromatic N) is 6. The first-order valence-electron chi connectivity index (χ1n) is 26.7. The molecule has 5 aromatic heterocycles. The number of hydrogen-bond acceptors (Lipinski definition) is 8. The molecule has 6 aromatic carbocycles. The number of cyclic esters (lactones) is 1. The molecule has 8 nitrogen and oxygen atoms in total. The highest BCUT2D eigenvalue weighted by Crippen LogP contribution is 2.31. The maximum Gasteiger partial charge on any atom is 0.338 e. The number of benzene rings is 6. The van der Waals surface area contributed by atoms with Crippen LogP contribution in [0.4, 0.5) is 0 Å². The minimum Gasteiger partial charge on any atom is -0.457 e. The molecule has 10 heteroatoms. The normalized spacial score (nSPS) is 11.8. The van der Waals surface area contributed by atoms with Gasteiger partial charge in [-0.05, 0) is 118 Å². The fourth-order valence-corrected chi connectivity index (χ4v) is 10.3. The van der Waals surface area contributed by atoms with Gasteiger partial charge in [0.15, 0.2) is 0 Å². The summed E-state index contributed by atoms with van der Waals surface area (Å²) in [6.07, 6.45) is 1.86. The number of thiophene rings is 1. The number of pyridine rings is 1. The quantitative estimate of drug-likeness (QED) is 0.154. The Bertz CT molecular complexity index is 3610. The summed E-state index contributed by atoms with van der Waals surface area (Å²) in [6, 6.07) is 50.6. The molecule has 76 heavy (non-hydrogen) atoms. The molecular weight excluding hydrogens is 973 g/mol. The first kappa shape index (κ1) is 56.7. The summed E-state index contributed by atoms with van der Waals surface area (Å²) in [6.45, 7) is 26.7. The lowest BCUT2D eigenvalue weighted by atomic mass is 9.98. The Morgan fingerprint density at radius 3 is 1.84 bits per heavy atom. The zero-order chi connectivity index (χ0) is 54.6. The number of fused-ring (bicyclic) bond motifs is 6. The third-order valence-corrected chi connectivity index (χ3v) is 15.6. The molecule has 0 spiro atoms. The molecule has 0 atom stereocenters. The lowest BCUT2D eigenvalue weighted by Gasteiger charge is -2.05. The number of para-hydroxylation sites is 2. The summed E-state index contributed by atoms with van der Waals surface area (Å²) in [4.78, 5) is 25.8. The molecule has 1 aliphatic heterocycles. The molecule has 394 valence electrons. The second-order valence-corrected chi connectivity index (χ2v) is 23.2. The predicted octanol–water partition coefficient (Wildman–Crippen LogP) is 18.7. The number of rotatable bonds is 6. The molecular formula is C66H76N6O2S2. The average Bonchev–Trinajstić information content (AvgIpc) is 4.28. The van der Waals surface area contributed by atoms with Crippen molar-refractivity contribution in [2.75, 3.05) is 0 Å². The number of carbonyl (C=O) groups excluding carboxylic acids is 1. The van der Waals surface area contributed by atoms with E-state index in [-0.39, 0.29) is 5.97 Å². The van der Waals surface area contributed by atoms with Crippen LogP contribution >= 0.6 is 22.7 Å². The summed E-state index contributed by atoms with van der Waals surface area (Å²) in [5.74, 6) is 3.13. The Morgan fingerprint density at radius 2 is 1.16 bits per heavy atom. The van der Waals surface area contributed by atoms with Gasteiger partial charge in [0.25, 0.3) is 0 Å². The SMILES string of the molecule is CC(C)c1cc2ccccc2s1.CC(C)c1ccc2c(c1)COC2=O.CC(C)c1ccc2c(c1)ncn2C.CC(C)c1ccc2ccccc2n1.CC(C)c1ccc2scnc2c1.CC(C)c1nn(C)c2ccccc12. The minimum absolute atomic E-state index is 0.190. The number of aryl methyl sites for hydroxylation is 2. The highest BCUT2D eigenvalue weighted by Gasteiger charge is 2.21. The number of aromatic nitrogens is 6. The summed E-state index contributed by atoms with van der Waals surface area (Å²) >= 11 is 3.60. The van der Waals surface area contributed by atoms with Gasteiger partial charge >= 0.3 is 5.97 Å². The molecule has 12 rings (SSSR count). The van der Waals surface area contributed by atoms with Crippen molar-refractivity contribution in [1.29, 1.82) is 0 Å².